The Morgan fingerprint density at radius 3 is 2.43 bits per heavy atom. The van der Waals surface area contributed by atoms with Crippen molar-refractivity contribution in [2.24, 2.45) is 5.92 Å². The summed E-state index contributed by atoms with van der Waals surface area (Å²) < 4.78 is 0. The summed E-state index contributed by atoms with van der Waals surface area (Å²) in [6.45, 7) is 2.78. The topological polar surface area (TPSA) is 69.6 Å². The normalized spacial score (nSPS) is 12.6. The van der Waals surface area contributed by atoms with E-state index < -0.39 is 17.8 Å². The van der Waals surface area contributed by atoms with Gasteiger partial charge < -0.3 is 15.3 Å². The van der Waals surface area contributed by atoms with Gasteiger partial charge in [0.2, 0.25) is 5.91 Å². The van der Waals surface area contributed by atoms with Gasteiger partial charge >= 0.3 is 5.97 Å². The summed E-state index contributed by atoms with van der Waals surface area (Å²) in [7, 11) is 3.89. The van der Waals surface area contributed by atoms with Crippen LogP contribution in [0.25, 0.3) is 0 Å². The fraction of sp³-hybridized carbons (Fsp3) is 0.778. The van der Waals surface area contributed by atoms with Crippen molar-refractivity contribution in [1.82, 2.24) is 10.2 Å². The van der Waals surface area contributed by atoms with Crippen molar-refractivity contribution in [3.05, 3.63) is 0 Å². The molecule has 1 atom stereocenters. The van der Waals surface area contributed by atoms with Crippen molar-refractivity contribution in [1.29, 1.82) is 0 Å². The van der Waals surface area contributed by atoms with Crippen molar-refractivity contribution < 1.29 is 14.7 Å². The Morgan fingerprint density at radius 1 is 1.43 bits per heavy atom. The highest BCUT2D eigenvalue weighted by atomic mass is 16.4. The molecule has 14 heavy (non-hydrogen) atoms. The van der Waals surface area contributed by atoms with Crippen LogP contribution in [0.2, 0.25) is 0 Å². The number of carbonyl (C=O) groups excluding carboxylic acids is 1. The Hall–Kier alpha value is -1.10. The quantitative estimate of drug-likeness (QED) is 0.461. The summed E-state index contributed by atoms with van der Waals surface area (Å²) in [5.74, 6) is -2.47. The second-order valence-electron chi connectivity index (χ2n) is 3.51. The highest BCUT2D eigenvalue weighted by molar-refractivity contribution is 5.96. The molecule has 0 aromatic heterocycles. The van der Waals surface area contributed by atoms with Gasteiger partial charge in [-0.15, -0.1) is 0 Å². The van der Waals surface area contributed by atoms with Crippen LogP contribution in [-0.2, 0) is 9.59 Å². The van der Waals surface area contributed by atoms with Crippen molar-refractivity contribution >= 4 is 11.9 Å². The molecule has 0 aliphatic carbocycles. The molecule has 0 saturated carbocycles. The second kappa shape index (κ2) is 6.37. The number of carbonyl (C=O) groups is 2. The summed E-state index contributed by atoms with van der Waals surface area (Å²) in [5, 5.41) is 11.1. The minimum atomic E-state index is -1.09. The van der Waals surface area contributed by atoms with Crippen LogP contribution in [0.3, 0.4) is 0 Å². The smallest absolute Gasteiger partial charge is 0.315 e. The summed E-state index contributed by atoms with van der Waals surface area (Å²) in [6, 6.07) is 0. The van der Waals surface area contributed by atoms with E-state index in [-0.39, 0.29) is 0 Å². The summed E-state index contributed by atoms with van der Waals surface area (Å²) in [4.78, 5) is 23.5. The van der Waals surface area contributed by atoms with Crippen LogP contribution in [-0.4, -0.2) is 49.1 Å². The van der Waals surface area contributed by atoms with Gasteiger partial charge in [0.1, 0.15) is 5.92 Å². The van der Waals surface area contributed by atoms with Crippen LogP contribution in [0.15, 0.2) is 0 Å². The zero-order chi connectivity index (χ0) is 11.1. The molecule has 0 fully saturated rings. The molecule has 5 heteroatoms. The van der Waals surface area contributed by atoms with Gasteiger partial charge in [0.25, 0.3) is 0 Å². The van der Waals surface area contributed by atoms with E-state index in [2.05, 4.69) is 5.32 Å². The van der Waals surface area contributed by atoms with Crippen LogP contribution < -0.4 is 5.32 Å². The fourth-order valence-electron chi connectivity index (χ4n) is 0.872. The number of amides is 1. The zero-order valence-corrected chi connectivity index (χ0v) is 8.91. The number of hydrogen-bond acceptors (Lipinski definition) is 3. The van der Waals surface area contributed by atoms with Crippen LogP contribution in [0.5, 0.6) is 0 Å². The van der Waals surface area contributed by atoms with Crippen molar-refractivity contribution in [3.8, 4) is 0 Å². The average molecular weight is 202 g/mol. The molecular formula is C9H18N2O3. The molecule has 2 N–H and O–H groups in total. The molecule has 1 unspecified atom stereocenters. The highest BCUT2D eigenvalue weighted by Gasteiger charge is 2.19. The Labute approximate surface area is 84.1 Å². The fourth-order valence-corrected chi connectivity index (χ4v) is 0.872. The molecular weight excluding hydrogens is 184 g/mol. The number of nitrogens with one attached hydrogen (secondary N) is 1. The molecule has 0 saturated heterocycles. The number of carboxylic acid groups (broad SMARTS) is 1. The second-order valence-corrected chi connectivity index (χ2v) is 3.51. The molecule has 0 aromatic rings. The van der Waals surface area contributed by atoms with E-state index in [1.54, 1.807) is 0 Å². The average Bonchev–Trinajstić information content (AvgIpc) is 2.10. The third-order valence-electron chi connectivity index (χ3n) is 1.85. The Kier molecular flexibility index (Phi) is 5.87. The SMILES string of the molecule is CC(C(=O)O)C(=O)NCCCN(C)C. The van der Waals surface area contributed by atoms with Crippen LogP contribution in [0, 0.1) is 5.92 Å². The number of hydrogen-bond donors (Lipinski definition) is 2. The van der Waals surface area contributed by atoms with E-state index in [1.807, 2.05) is 19.0 Å². The molecule has 0 bridgehead atoms. The van der Waals surface area contributed by atoms with Gasteiger partial charge in [-0.3, -0.25) is 9.59 Å². The van der Waals surface area contributed by atoms with E-state index in [0.717, 1.165) is 13.0 Å². The maximum Gasteiger partial charge on any atom is 0.315 e. The third kappa shape index (κ3) is 5.53. The van der Waals surface area contributed by atoms with Gasteiger partial charge in [-0.2, -0.15) is 0 Å². The summed E-state index contributed by atoms with van der Waals surface area (Å²) >= 11 is 0. The minimum Gasteiger partial charge on any atom is -0.481 e. The number of nitrogens with zero attached hydrogens (tertiary/aromatic N) is 1. The monoisotopic (exact) mass is 202 g/mol. The van der Waals surface area contributed by atoms with Gasteiger partial charge in [0.15, 0.2) is 0 Å². The molecule has 82 valence electrons. The van der Waals surface area contributed by atoms with E-state index in [9.17, 15) is 9.59 Å². The van der Waals surface area contributed by atoms with Gasteiger partial charge in [0.05, 0.1) is 0 Å². The molecule has 0 heterocycles. The van der Waals surface area contributed by atoms with Crippen LogP contribution >= 0.6 is 0 Å². The molecule has 0 rings (SSSR count). The predicted octanol–water partition coefficient (Wildman–Crippen LogP) is -0.225. The van der Waals surface area contributed by atoms with Crippen molar-refractivity contribution in [3.63, 3.8) is 0 Å². The zero-order valence-electron chi connectivity index (χ0n) is 8.91. The molecule has 0 aliphatic heterocycles. The van der Waals surface area contributed by atoms with Gasteiger partial charge in [0, 0.05) is 6.54 Å². The number of carboxylic acids is 1. The van der Waals surface area contributed by atoms with E-state index in [0.29, 0.717) is 6.54 Å². The van der Waals surface area contributed by atoms with Crippen LogP contribution in [0.1, 0.15) is 13.3 Å². The standard InChI is InChI=1S/C9H18N2O3/c1-7(9(13)14)8(12)10-5-4-6-11(2)3/h7H,4-6H2,1-3H3,(H,10,12)(H,13,14). The maximum atomic E-state index is 11.1. The lowest BCUT2D eigenvalue weighted by Gasteiger charge is -2.11. The van der Waals surface area contributed by atoms with E-state index in [4.69, 9.17) is 5.11 Å². The van der Waals surface area contributed by atoms with Crippen molar-refractivity contribution in [2.45, 2.75) is 13.3 Å². The Balaban J connectivity index is 3.59. The van der Waals surface area contributed by atoms with Gasteiger partial charge in [-0.05, 0) is 34.0 Å². The lowest BCUT2D eigenvalue weighted by molar-refractivity contribution is -0.146. The van der Waals surface area contributed by atoms with Gasteiger partial charge in [-0.25, -0.2) is 0 Å². The molecule has 1 amide bonds. The van der Waals surface area contributed by atoms with Crippen LogP contribution in [0.4, 0.5) is 0 Å². The molecule has 5 nitrogen and oxygen atoms in total. The molecule has 0 radical (unpaired) electrons. The first kappa shape index (κ1) is 12.9. The molecule has 0 aliphatic rings. The largest absolute Gasteiger partial charge is 0.481 e. The maximum absolute atomic E-state index is 11.1. The number of rotatable bonds is 6. The van der Waals surface area contributed by atoms with Gasteiger partial charge in [-0.1, -0.05) is 0 Å². The lowest BCUT2D eigenvalue weighted by Crippen LogP contribution is -2.34. The predicted molar refractivity (Wildman–Crippen MR) is 53.0 cm³/mol. The van der Waals surface area contributed by atoms with E-state index in [1.165, 1.54) is 6.92 Å². The summed E-state index contributed by atoms with van der Waals surface area (Å²) in [5.41, 5.74) is 0. The third-order valence-corrected chi connectivity index (χ3v) is 1.85. The number of aliphatic carboxylic acids is 1. The molecule has 0 spiro atoms. The van der Waals surface area contributed by atoms with E-state index >= 15 is 0 Å². The minimum absolute atomic E-state index is 0.420. The van der Waals surface area contributed by atoms with Crippen molar-refractivity contribution in [2.75, 3.05) is 27.2 Å². The highest BCUT2D eigenvalue weighted by Crippen LogP contribution is 1.94. The lowest BCUT2D eigenvalue weighted by atomic mass is 10.2. The first-order valence-electron chi connectivity index (χ1n) is 4.60. The Morgan fingerprint density at radius 2 is 2.00 bits per heavy atom. The first-order valence-corrected chi connectivity index (χ1v) is 4.60. The first-order chi connectivity index (χ1) is 6.45. The Bertz CT molecular complexity index is 204. The summed E-state index contributed by atoms with van der Waals surface area (Å²) in [6.07, 6.45) is 0.824. The molecule has 0 aromatic carbocycles.